The number of rotatable bonds is 3. The number of phenolic OH excluding ortho intramolecular Hbond substituents is 1. The van der Waals surface area contributed by atoms with Gasteiger partial charge in [-0.15, -0.1) is 0 Å². The fraction of sp³-hybridized carbons (Fsp3) is 0.0667. The van der Waals surface area contributed by atoms with Crippen molar-refractivity contribution in [3.8, 4) is 5.75 Å². The number of hydrogen-bond acceptors (Lipinski definition) is 1. The SMILES string of the molecule is Oc1ccc(Cl)cc1CC=Cc1ccccc1. The van der Waals surface area contributed by atoms with Crippen molar-refractivity contribution in [1.29, 1.82) is 0 Å². The summed E-state index contributed by atoms with van der Waals surface area (Å²) in [6.45, 7) is 0. The number of allylic oxidation sites excluding steroid dienone is 1. The first-order chi connectivity index (χ1) is 8.25. The number of hydrogen-bond donors (Lipinski definition) is 1. The van der Waals surface area contributed by atoms with Gasteiger partial charge < -0.3 is 5.11 Å². The lowest BCUT2D eigenvalue weighted by Gasteiger charge is -2.01. The Morgan fingerprint density at radius 3 is 2.59 bits per heavy atom. The van der Waals surface area contributed by atoms with Crippen molar-refractivity contribution in [1.82, 2.24) is 0 Å². The van der Waals surface area contributed by atoms with Crippen molar-refractivity contribution in [2.45, 2.75) is 6.42 Å². The molecule has 0 radical (unpaired) electrons. The van der Waals surface area contributed by atoms with Crippen LogP contribution < -0.4 is 0 Å². The summed E-state index contributed by atoms with van der Waals surface area (Å²) in [4.78, 5) is 0. The van der Waals surface area contributed by atoms with Gasteiger partial charge in [0, 0.05) is 5.02 Å². The lowest BCUT2D eigenvalue weighted by atomic mass is 10.1. The summed E-state index contributed by atoms with van der Waals surface area (Å²) in [6.07, 6.45) is 4.71. The van der Waals surface area contributed by atoms with Gasteiger partial charge in [0.2, 0.25) is 0 Å². The molecule has 0 saturated heterocycles. The Kier molecular flexibility index (Phi) is 3.84. The Morgan fingerprint density at radius 2 is 1.82 bits per heavy atom. The van der Waals surface area contributed by atoms with Crippen molar-refractivity contribution in [3.05, 3.63) is 70.8 Å². The van der Waals surface area contributed by atoms with Gasteiger partial charge in [-0.3, -0.25) is 0 Å². The molecule has 0 bridgehead atoms. The third-order valence-electron chi connectivity index (χ3n) is 2.49. The van der Waals surface area contributed by atoms with E-state index in [1.165, 1.54) is 0 Å². The van der Waals surface area contributed by atoms with Gasteiger partial charge in [0.25, 0.3) is 0 Å². The van der Waals surface area contributed by atoms with Gasteiger partial charge in [-0.25, -0.2) is 0 Å². The van der Waals surface area contributed by atoms with E-state index < -0.39 is 0 Å². The van der Waals surface area contributed by atoms with Crippen LogP contribution in [-0.2, 0) is 6.42 Å². The van der Waals surface area contributed by atoms with Crippen LogP contribution in [0.3, 0.4) is 0 Å². The molecule has 2 aromatic carbocycles. The van der Waals surface area contributed by atoms with Crippen molar-refractivity contribution >= 4 is 17.7 Å². The maximum atomic E-state index is 9.64. The van der Waals surface area contributed by atoms with Gasteiger partial charge in [0.05, 0.1) is 0 Å². The van der Waals surface area contributed by atoms with E-state index in [1.807, 2.05) is 42.5 Å². The maximum Gasteiger partial charge on any atom is 0.119 e. The molecule has 0 unspecified atom stereocenters. The highest BCUT2D eigenvalue weighted by atomic mass is 35.5. The van der Waals surface area contributed by atoms with E-state index >= 15 is 0 Å². The Balaban J connectivity index is 2.07. The predicted molar refractivity (Wildman–Crippen MR) is 72.3 cm³/mol. The minimum absolute atomic E-state index is 0.284. The normalized spacial score (nSPS) is 10.9. The second-order valence-electron chi connectivity index (χ2n) is 3.79. The third-order valence-corrected chi connectivity index (χ3v) is 2.72. The molecule has 0 aliphatic carbocycles. The number of halogens is 1. The van der Waals surface area contributed by atoms with E-state index in [1.54, 1.807) is 18.2 Å². The number of benzene rings is 2. The summed E-state index contributed by atoms with van der Waals surface area (Å²) >= 11 is 5.88. The second-order valence-corrected chi connectivity index (χ2v) is 4.23. The quantitative estimate of drug-likeness (QED) is 0.854. The molecule has 2 aromatic rings. The molecule has 86 valence electrons. The van der Waals surface area contributed by atoms with E-state index in [4.69, 9.17) is 11.6 Å². The molecule has 1 nitrogen and oxygen atoms in total. The van der Waals surface area contributed by atoms with E-state index in [9.17, 15) is 5.11 Å². The summed E-state index contributed by atoms with van der Waals surface area (Å²) < 4.78 is 0. The largest absolute Gasteiger partial charge is 0.508 e. The molecule has 2 heteroatoms. The summed E-state index contributed by atoms with van der Waals surface area (Å²) in [7, 11) is 0. The molecule has 0 aliphatic rings. The maximum absolute atomic E-state index is 9.64. The highest BCUT2D eigenvalue weighted by Crippen LogP contribution is 2.22. The minimum Gasteiger partial charge on any atom is -0.508 e. The van der Waals surface area contributed by atoms with E-state index in [0.717, 1.165) is 11.1 Å². The molecule has 2 rings (SSSR count). The lowest BCUT2D eigenvalue weighted by Crippen LogP contribution is -1.82. The zero-order chi connectivity index (χ0) is 12.1. The van der Waals surface area contributed by atoms with Crippen molar-refractivity contribution < 1.29 is 5.11 Å². The zero-order valence-electron chi connectivity index (χ0n) is 9.31. The zero-order valence-corrected chi connectivity index (χ0v) is 10.1. The average Bonchev–Trinajstić information content (AvgIpc) is 2.35. The summed E-state index contributed by atoms with van der Waals surface area (Å²) in [5, 5.41) is 10.3. The van der Waals surface area contributed by atoms with Gasteiger partial charge in [-0.05, 0) is 35.7 Å². The molecule has 0 amide bonds. The molecule has 0 heterocycles. The third kappa shape index (κ3) is 3.36. The Hall–Kier alpha value is -1.73. The van der Waals surface area contributed by atoms with Crippen LogP contribution in [0.5, 0.6) is 5.75 Å². The van der Waals surface area contributed by atoms with Crippen LogP contribution in [0.25, 0.3) is 6.08 Å². The smallest absolute Gasteiger partial charge is 0.119 e. The van der Waals surface area contributed by atoms with E-state index in [2.05, 4.69) is 0 Å². The van der Waals surface area contributed by atoms with Crippen molar-refractivity contribution in [3.63, 3.8) is 0 Å². The molecule has 0 atom stereocenters. The Labute approximate surface area is 106 Å². The molecule has 0 saturated carbocycles. The van der Waals surface area contributed by atoms with Crippen LogP contribution in [0.15, 0.2) is 54.6 Å². The monoisotopic (exact) mass is 244 g/mol. The summed E-state index contributed by atoms with van der Waals surface area (Å²) in [5.74, 6) is 0.284. The standard InChI is InChI=1S/C15H13ClO/c16-14-9-10-15(17)13(11-14)8-4-7-12-5-2-1-3-6-12/h1-7,9-11,17H,8H2. The fourth-order valence-electron chi connectivity index (χ4n) is 1.60. The van der Waals surface area contributed by atoms with Crippen LogP contribution in [0.4, 0.5) is 0 Å². The highest BCUT2D eigenvalue weighted by Gasteiger charge is 1.99. The molecule has 17 heavy (non-hydrogen) atoms. The number of phenols is 1. The molecule has 0 spiro atoms. The van der Waals surface area contributed by atoms with Gasteiger partial charge in [0.15, 0.2) is 0 Å². The van der Waals surface area contributed by atoms with Crippen LogP contribution >= 0.6 is 11.6 Å². The van der Waals surface area contributed by atoms with Crippen LogP contribution in [0, 0.1) is 0 Å². The molecule has 0 fully saturated rings. The molecular formula is C15H13ClO. The minimum atomic E-state index is 0.284. The van der Waals surface area contributed by atoms with Crippen LogP contribution in [-0.4, -0.2) is 5.11 Å². The average molecular weight is 245 g/mol. The van der Waals surface area contributed by atoms with Crippen LogP contribution in [0.2, 0.25) is 5.02 Å². The summed E-state index contributed by atoms with van der Waals surface area (Å²) in [5.41, 5.74) is 1.98. The summed E-state index contributed by atoms with van der Waals surface area (Å²) in [6, 6.07) is 15.1. The van der Waals surface area contributed by atoms with E-state index in [0.29, 0.717) is 11.4 Å². The van der Waals surface area contributed by atoms with E-state index in [-0.39, 0.29) is 5.75 Å². The predicted octanol–water partition coefficient (Wildman–Crippen LogP) is 4.30. The molecule has 0 aromatic heterocycles. The van der Waals surface area contributed by atoms with Gasteiger partial charge in [-0.1, -0.05) is 54.1 Å². The van der Waals surface area contributed by atoms with Gasteiger partial charge >= 0.3 is 0 Å². The Morgan fingerprint density at radius 1 is 1.06 bits per heavy atom. The van der Waals surface area contributed by atoms with Gasteiger partial charge in [0.1, 0.15) is 5.75 Å². The van der Waals surface area contributed by atoms with Crippen LogP contribution in [0.1, 0.15) is 11.1 Å². The van der Waals surface area contributed by atoms with Gasteiger partial charge in [-0.2, -0.15) is 0 Å². The molecule has 1 N–H and O–H groups in total. The van der Waals surface area contributed by atoms with Crippen molar-refractivity contribution in [2.75, 3.05) is 0 Å². The number of aromatic hydroxyl groups is 1. The molecule has 0 aliphatic heterocycles. The first kappa shape index (κ1) is 11.7. The topological polar surface area (TPSA) is 20.2 Å². The lowest BCUT2D eigenvalue weighted by molar-refractivity contribution is 0.470. The Bertz CT molecular complexity index is 518. The second kappa shape index (κ2) is 5.55. The fourth-order valence-corrected chi connectivity index (χ4v) is 1.80. The first-order valence-corrected chi connectivity index (χ1v) is 5.82. The highest BCUT2D eigenvalue weighted by molar-refractivity contribution is 6.30. The first-order valence-electron chi connectivity index (χ1n) is 5.45. The molecular weight excluding hydrogens is 232 g/mol. The van der Waals surface area contributed by atoms with Crippen molar-refractivity contribution in [2.24, 2.45) is 0 Å².